The molecule has 2 heteroatoms. The molecule has 42 valence electrons. The molecule has 0 radical (unpaired) electrons. The van der Waals surface area contributed by atoms with Gasteiger partial charge in [-0.05, 0) is 5.92 Å². The molecule has 0 saturated carbocycles. The first-order chi connectivity index (χ1) is 3.18. The van der Waals surface area contributed by atoms with Crippen LogP contribution in [0, 0.1) is 5.92 Å². The van der Waals surface area contributed by atoms with Crippen molar-refractivity contribution in [2.75, 3.05) is 0 Å². The molecule has 0 amide bonds. The molecule has 0 nitrogen and oxygen atoms in total. The van der Waals surface area contributed by atoms with Crippen LogP contribution in [0.3, 0.4) is 0 Å². The van der Waals surface area contributed by atoms with Crippen LogP contribution in [0.15, 0.2) is 11.4 Å². The summed E-state index contributed by atoms with van der Waals surface area (Å²) in [6, 6.07) is 0. The van der Waals surface area contributed by atoms with Crippen molar-refractivity contribution < 1.29 is 4.39 Å². The van der Waals surface area contributed by atoms with Crippen LogP contribution in [0.5, 0.6) is 0 Å². The predicted octanol–water partition coefficient (Wildman–Crippen LogP) is 2.69. The van der Waals surface area contributed by atoms with E-state index in [1.54, 1.807) is 0 Å². The second-order valence-corrected chi connectivity index (χ2v) is 2.09. The summed E-state index contributed by atoms with van der Waals surface area (Å²) in [7, 11) is 0. The van der Waals surface area contributed by atoms with Gasteiger partial charge in [0.1, 0.15) is 6.33 Å². The van der Waals surface area contributed by atoms with Gasteiger partial charge in [-0.2, -0.15) is 0 Å². The monoisotopic (exact) mass is 122 g/mol. The molecule has 0 aromatic heterocycles. The van der Waals surface area contributed by atoms with Gasteiger partial charge >= 0.3 is 0 Å². The lowest BCUT2D eigenvalue weighted by atomic mass is 10.2. The van der Waals surface area contributed by atoms with E-state index < -0.39 is 0 Å². The Hall–Kier alpha value is -0.0400. The molecule has 0 saturated heterocycles. The van der Waals surface area contributed by atoms with Crippen molar-refractivity contribution in [2.45, 2.75) is 13.8 Å². The number of hydrogen-bond acceptors (Lipinski definition) is 0. The largest absolute Gasteiger partial charge is 0.214 e. The minimum Gasteiger partial charge on any atom is -0.214 e. The van der Waals surface area contributed by atoms with Crippen molar-refractivity contribution in [3.8, 4) is 0 Å². The van der Waals surface area contributed by atoms with Crippen LogP contribution in [0.4, 0.5) is 4.39 Å². The molecule has 0 atom stereocenters. The third-order valence-electron chi connectivity index (χ3n) is 0.656. The van der Waals surface area contributed by atoms with Crippen molar-refractivity contribution in [1.29, 1.82) is 0 Å². The van der Waals surface area contributed by atoms with Gasteiger partial charge in [-0.3, -0.25) is 0 Å². The Morgan fingerprint density at radius 2 is 2.14 bits per heavy atom. The summed E-state index contributed by atoms with van der Waals surface area (Å²) in [5.41, 5.74) is 0. The van der Waals surface area contributed by atoms with Gasteiger partial charge in [0.05, 0.1) is 0 Å². The molecule has 0 fully saturated rings. The maximum Gasteiger partial charge on any atom is 0.101 e. The predicted molar refractivity (Wildman–Crippen MR) is 29.9 cm³/mol. The average molecular weight is 123 g/mol. The highest BCUT2D eigenvalue weighted by molar-refractivity contribution is 6.29. The van der Waals surface area contributed by atoms with Crippen LogP contribution < -0.4 is 0 Å². The van der Waals surface area contributed by atoms with E-state index in [1.165, 1.54) is 0 Å². The van der Waals surface area contributed by atoms with Gasteiger partial charge in [-0.25, -0.2) is 4.39 Å². The van der Waals surface area contributed by atoms with Crippen LogP contribution in [-0.2, 0) is 0 Å². The van der Waals surface area contributed by atoms with E-state index in [1.807, 2.05) is 13.8 Å². The third kappa shape index (κ3) is 2.63. The first kappa shape index (κ1) is 6.96. The Morgan fingerprint density at radius 3 is 2.14 bits per heavy atom. The van der Waals surface area contributed by atoms with Crippen LogP contribution in [0.2, 0.25) is 0 Å². The standard InChI is InChI=1S/C5H8ClF/c1-4(2)5(6)3-7/h3-4H,1-2H3/b5-3+. The van der Waals surface area contributed by atoms with E-state index in [-0.39, 0.29) is 11.0 Å². The van der Waals surface area contributed by atoms with Crippen molar-refractivity contribution >= 4 is 11.6 Å². The maximum atomic E-state index is 11.3. The number of halogens is 2. The van der Waals surface area contributed by atoms with Crippen molar-refractivity contribution in [3.05, 3.63) is 11.4 Å². The Bertz CT molecular complexity index is 76.1. The third-order valence-corrected chi connectivity index (χ3v) is 1.17. The van der Waals surface area contributed by atoms with E-state index in [2.05, 4.69) is 0 Å². The molecule has 0 aromatic carbocycles. The number of hydrogen-bond donors (Lipinski definition) is 0. The minimum atomic E-state index is 0.117. The molecule has 0 aliphatic rings. The molecule has 0 heterocycles. The molecule has 0 rings (SSSR count). The van der Waals surface area contributed by atoms with Gasteiger partial charge in [0.15, 0.2) is 0 Å². The summed E-state index contributed by atoms with van der Waals surface area (Å²) < 4.78 is 11.3. The highest BCUT2D eigenvalue weighted by Crippen LogP contribution is 2.12. The van der Waals surface area contributed by atoms with Gasteiger partial charge < -0.3 is 0 Å². The first-order valence-corrected chi connectivity index (χ1v) is 2.52. The van der Waals surface area contributed by atoms with Gasteiger partial charge in [-0.1, -0.05) is 25.4 Å². The molecule has 0 aliphatic carbocycles. The lowest BCUT2D eigenvalue weighted by molar-refractivity contribution is 0.686. The molecule has 0 bridgehead atoms. The van der Waals surface area contributed by atoms with Gasteiger partial charge in [0, 0.05) is 5.03 Å². The summed E-state index contributed by atoms with van der Waals surface area (Å²) in [5.74, 6) is 0.117. The zero-order chi connectivity index (χ0) is 5.86. The van der Waals surface area contributed by atoms with E-state index in [0.717, 1.165) is 0 Å². The van der Waals surface area contributed by atoms with E-state index in [0.29, 0.717) is 6.33 Å². The summed E-state index contributed by atoms with van der Waals surface area (Å²) >= 11 is 5.29. The van der Waals surface area contributed by atoms with Gasteiger partial charge in [0.25, 0.3) is 0 Å². The number of allylic oxidation sites excluding steroid dienone is 1. The topological polar surface area (TPSA) is 0 Å². The zero-order valence-corrected chi connectivity index (χ0v) is 5.17. The zero-order valence-electron chi connectivity index (χ0n) is 4.41. The molecule has 0 aliphatic heterocycles. The molecule has 0 N–H and O–H groups in total. The van der Waals surface area contributed by atoms with Gasteiger partial charge in [-0.15, -0.1) is 0 Å². The lowest BCUT2D eigenvalue weighted by Gasteiger charge is -1.95. The minimum absolute atomic E-state index is 0.117. The quantitative estimate of drug-likeness (QED) is 0.502. The molecular weight excluding hydrogens is 115 g/mol. The fourth-order valence-corrected chi connectivity index (χ4v) is 0.126. The number of rotatable bonds is 1. The molecule has 0 spiro atoms. The highest BCUT2D eigenvalue weighted by atomic mass is 35.5. The molecule has 0 aromatic rings. The summed E-state index contributed by atoms with van der Waals surface area (Å²) in [4.78, 5) is 0. The molecule has 7 heavy (non-hydrogen) atoms. The molecule has 0 unspecified atom stereocenters. The summed E-state index contributed by atoms with van der Waals surface area (Å²) in [6.07, 6.45) is 0.423. The second-order valence-electron chi connectivity index (χ2n) is 1.65. The molecular formula is C5H8ClF. The van der Waals surface area contributed by atoms with Crippen LogP contribution >= 0.6 is 11.6 Å². The van der Waals surface area contributed by atoms with Crippen molar-refractivity contribution in [1.82, 2.24) is 0 Å². The second kappa shape index (κ2) is 3.03. The SMILES string of the molecule is CC(C)/C(Cl)=C\F. The smallest absolute Gasteiger partial charge is 0.101 e. The van der Waals surface area contributed by atoms with Crippen LogP contribution in [0.25, 0.3) is 0 Å². The fraction of sp³-hybridized carbons (Fsp3) is 0.600. The fourth-order valence-electron chi connectivity index (χ4n) is 0.126. The van der Waals surface area contributed by atoms with Crippen molar-refractivity contribution in [3.63, 3.8) is 0 Å². The van der Waals surface area contributed by atoms with Crippen LogP contribution in [0.1, 0.15) is 13.8 Å². The van der Waals surface area contributed by atoms with Crippen molar-refractivity contribution in [2.24, 2.45) is 5.92 Å². The lowest BCUT2D eigenvalue weighted by Crippen LogP contribution is -1.82. The Morgan fingerprint density at radius 1 is 1.71 bits per heavy atom. The Balaban J connectivity index is 3.56. The Kier molecular flexibility index (Phi) is 3.01. The normalized spacial score (nSPS) is 13.0. The van der Waals surface area contributed by atoms with E-state index in [9.17, 15) is 4.39 Å². The van der Waals surface area contributed by atoms with Crippen LogP contribution in [-0.4, -0.2) is 0 Å². The van der Waals surface area contributed by atoms with E-state index >= 15 is 0 Å². The average Bonchev–Trinajstić information content (AvgIpc) is 1.65. The summed E-state index contributed by atoms with van der Waals surface area (Å²) in [5, 5.41) is 0.278. The summed E-state index contributed by atoms with van der Waals surface area (Å²) in [6.45, 7) is 3.66. The Labute approximate surface area is 48.0 Å². The first-order valence-electron chi connectivity index (χ1n) is 2.14. The van der Waals surface area contributed by atoms with Gasteiger partial charge in [0.2, 0.25) is 0 Å². The maximum absolute atomic E-state index is 11.3. The highest BCUT2D eigenvalue weighted by Gasteiger charge is 1.95. The van der Waals surface area contributed by atoms with E-state index in [4.69, 9.17) is 11.6 Å².